The Morgan fingerprint density at radius 3 is 1.18 bits per heavy atom. The summed E-state index contributed by atoms with van der Waals surface area (Å²) in [6.45, 7) is 7.29. The molecule has 21 heteroatoms. The van der Waals surface area contributed by atoms with Crippen LogP contribution in [0.15, 0.2) is 237 Å². The number of aryl methyl sites for hydroxylation is 4. The first kappa shape index (κ1) is 77.4. The van der Waals surface area contributed by atoms with Gasteiger partial charge in [0.2, 0.25) is 0 Å². The zero-order valence-electron chi connectivity index (χ0n) is 55.9. The van der Waals surface area contributed by atoms with Gasteiger partial charge in [-0.05, 0) is 243 Å². The molecule has 0 saturated heterocycles. The lowest BCUT2D eigenvalue weighted by Crippen LogP contribution is -2.05. The van der Waals surface area contributed by atoms with E-state index in [0.717, 1.165) is 39.6 Å². The summed E-state index contributed by atoms with van der Waals surface area (Å²) < 4.78 is 49.8. The van der Waals surface area contributed by atoms with Gasteiger partial charge in [0.1, 0.15) is 57.5 Å². The van der Waals surface area contributed by atoms with Crippen LogP contribution < -0.4 is 18.9 Å². The van der Waals surface area contributed by atoms with Crippen LogP contribution in [-0.4, -0.2) is 48.5 Å². The van der Waals surface area contributed by atoms with Gasteiger partial charge in [-0.1, -0.05) is 124 Å². The van der Waals surface area contributed by atoms with E-state index in [1.165, 1.54) is 30.3 Å². The van der Waals surface area contributed by atoms with E-state index in [4.69, 9.17) is 88.6 Å². The van der Waals surface area contributed by atoms with Gasteiger partial charge in [0.25, 0.3) is 0 Å². The molecule has 13 nitrogen and oxygen atoms in total. The maximum atomic E-state index is 13.6. The number of hydrogen-bond donors (Lipinski definition) is 4. The Hall–Kier alpha value is -10.8. The van der Waals surface area contributed by atoms with Crippen molar-refractivity contribution in [3.05, 3.63) is 345 Å². The van der Waals surface area contributed by atoms with E-state index in [1.807, 2.05) is 32.9 Å². The molecule has 0 spiro atoms. The maximum absolute atomic E-state index is 13.6. The number of hydrogen-bond acceptors (Lipinski definition) is 13. The number of carbonyl (C=O) groups excluding carboxylic acids is 4. The number of para-hydroxylation sites is 1. The minimum atomic E-state index is -0.833. The third kappa shape index (κ3) is 22.4. The molecule has 0 amide bonds. The molecule has 4 N–H and O–H groups in total. The molecule has 0 unspecified atom stereocenters. The summed E-state index contributed by atoms with van der Waals surface area (Å²) in [5.41, 5.74) is 6.67. The number of phenolic OH excluding ortho intramolecular Hbond substituents is 4. The molecule has 0 aliphatic rings. The number of phenols is 4. The number of carbonyl (C=O) groups is 4. The molecular weight excluding hydrogens is 1450 g/mol. The summed E-state index contributed by atoms with van der Waals surface area (Å²) in [5.74, 6) is 0.451. The van der Waals surface area contributed by atoms with Crippen LogP contribution in [-0.2, 0) is 25.7 Å². The number of ketones is 4. The number of rotatable bonds is 20. The SMILES string of the molecule is Cc1cc(F)c(O)c(C(=O)Cc2ccc(Oc3ccc(C)nc3)cc2)c1.Cc1ccc(C(=O)Cc2ccc(Oc3ccc(Cl)cc3)c(Cl)c2)c(O)c1.Cc1ccc(O)c(C(=O)Cc2ccc(Oc3ccc(Cl)cc3)c(Cl)c2)c1.O=C(Cc1ccc(Oc2ccc(Cl)cc2)c(Cl)c1)c1cccc(F)c1O. The van der Waals surface area contributed by atoms with Crippen LogP contribution in [0.4, 0.5) is 8.78 Å². The highest BCUT2D eigenvalue weighted by atomic mass is 35.5. The molecular formula is C83H63Cl6F2NO12. The van der Waals surface area contributed by atoms with E-state index in [0.29, 0.717) is 98.4 Å². The van der Waals surface area contributed by atoms with Crippen LogP contribution in [0.5, 0.6) is 69.0 Å². The van der Waals surface area contributed by atoms with E-state index < -0.39 is 28.9 Å². The first-order valence-corrected chi connectivity index (χ1v) is 34.0. The second-order valence-corrected chi connectivity index (χ2v) is 26.1. The smallest absolute Gasteiger partial charge is 0.171 e. The number of ether oxygens (including phenoxy) is 4. The van der Waals surface area contributed by atoms with Crippen molar-refractivity contribution in [1.29, 1.82) is 0 Å². The fourth-order valence-corrected chi connectivity index (χ4v) is 11.1. The molecule has 1 aromatic heterocycles. The normalized spacial score (nSPS) is 10.6. The van der Waals surface area contributed by atoms with E-state index in [1.54, 1.807) is 195 Å². The second kappa shape index (κ2) is 36.4. The molecule has 1 heterocycles. The average molecular weight is 1520 g/mol. The number of aromatic nitrogens is 1. The molecule has 0 aliphatic heterocycles. The fourth-order valence-electron chi connectivity index (χ4n) is 9.99. The topological polar surface area (TPSA) is 199 Å². The lowest BCUT2D eigenvalue weighted by molar-refractivity contribution is 0.0981. The summed E-state index contributed by atoms with van der Waals surface area (Å²) in [6, 6.07) is 63.2. The largest absolute Gasteiger partial charge is 0.507 e. The van der Waals surface area contributed by atoms with Gasteiger partial charge in [-0.3, -0.25) is 24.2 Å². The monoisotopic (exact) mass is 1510 g/mol. The predicted molar refractivity (Wildman–Crippen MR) is 403 cm³/mol. The van der Waals surface area contributed by atoms with Crippen molar-refractivity contribution in [2.24, 2.45) is 0 Å². The minimum Gasteiger partial charge on any atom is -0.507 e. The van der Waals surface area contributed by atoms with Gasteiger partial charge >= 0.3 is 0 Å². The van der Waals surface area contributed by atoms with Gasteiger partial charge in [-0.15, -0.1) is 0 Å². The number of pyridine rings is 1. The van der Waals surface area contributed by atoms with Crippen molar-refractivity contribution in [3.63, 3.8) is 0 Å². The van der Waals surface area contributed by atoms with Crippen LogP contribution in [0, 0.1) is 39.3 Å². The van der Waals surface area contributed by atoms with E-state index in [2.05, 4.69) is 4.98 Å². The first-order valence-electron chi connectivity index (χ1n) is 31.7. The molecule has 528 valence electrons. The molecule has 104 heavy (non-hydrogen) atoms. The quantitative estimate of drug-likeness (QED) is 0.0526. The lowest BCUT2D eigenvalue weighted by atomic mass is 10.0. The zero-order chi connectivity index (χ0) is 74.7. The third-order valence-corrected chi connectivity index (χ3v) is 17.0. The minimum absolute atomic E-state index is 0.00597. The van der Waals surface area contributed by atoms with Gasteiger partial charge in [0.05, 0.1) is 43.5 Å². The Balaban J connectivity index is 0.000000161. The molecule has 0 atom stereocenters. The molecule has 12 rings (SSSR count). The number of nitrogens with zero attached hydrogens (tertiary/aromatic N) is 1. The van der Waals surface area contributed by atoms with Gasteiger partial charge in [0.15, 0.2) is 46.3 Å². The number of halogens is 8. The van der Waals surface area contributed by atoms with Crippen LogP contribution in [0.25, 0.3) is 0 Å². The Morgan fingerprint density at radius 2 is 0.721 bits per heavy atom. The highest BCUT2D eigenvalue weighted by molar-refractivity contribution is 6.33. The Kier molecular flexibility index (Phi) is 27.1. The van der Waals surface area contributed by atoms with Crippen LogP contribution in [0.1, 0.15) is 86.1 Å². The van der Waals surface area contributed by atoms with E-state index >= 15 is 0 Å². The molecule has 0 bridgehead atoms. The van der Waals surface area contributed by atoms with E-state index in [-0.39, 0.29) is 65.7 Å². The van der Waals surface area contributed by atoms with Crippen molar-refractivity contribution in [2.45, 2.75) is 53.4 Å². The van der Waals surface area contributed by atoms with Crippen molar-refractivity contribution >= 4 is 92.7 Å². The molecule has 0 fully saturated rings. The van der Waals surface area contributed by atoms with Crippen molar-refractivity contribution < 1.29 is 67.3 Å². The molecule has 0 aliphatic carbocycles. The highest BCUT2D eigenvalue weighted by Crippen LogP contribution is 2.36. The van der Waals surface area contributed by atoms with Crippen molar-refractivity contribution in [2.75, 3.05) is 0 Å². The van der Waals surface area contributed by atoms with Crippen LogP contribution >= 0.6 is 69.6 Å². The number of benzene rings is 11. The van der Waals surface area contributed by atoms with Crippen LogP contribution in [0.3, 0.4) is 0 Å². The van der Waals surface area contributed by atoms with Crippen molar-refractivity contribution in [3.8, 4) is 69.0 Å². The van der Waals surface area contributed by atoms with Gasteiger partial charge in [-0.25, -0.2) is 8.78 Å². The van der Waals surface area contributed by atoms with Crippen molar-refractivity contribution in [1.82, 2.24) is 4.98 Å². The summed E-state index contributed by atoms with van der Waals surface area (Å²) in [4.78, 5) is 53.7. The Bertz CT molecular complexity index is 4960. The standard InChI is InChI=1S/2C21H16Cl2O3.C21H18FNO3.C20H13Cl2FO3/c1-13-2-8-19(24)17(10-13)20(25)12-14-3-9-21(18(23)11-14)26-16-6-4-15(22)5-7-16;1-13-2-8-17(19(24)10-13)20(25)12-14-3-9-21(18(23)11-14)26-16-6-4-15(22)5-7-16;1-13-9-18(21(25)19(22)10-13)20(24)11-15-4-7-16(8-5-15)26-17-6-3-14(2)23-12-17;21-13-5-7-14(8-6-13)26-19-9-4-12(10-16(19)22)11-18(24)15-2-1-3-17(23)20(15)25/h2*2-11,24H,12H2,1H3;3-10,12,25H,11H2,1-2H3;1-10,25H,11H2. The van der Waals surface area contributed by atoms with Gasteiger partial charge in [0, 0.05) is 46.4 Å². The Morgan fingerprint density at radius 1 is 0.337 bits per heavy atom. The average Bonchev–Trinajstić information content (AvgIpc) is 0.926. The lowest BCUT2D eigenvalue weighted by Gasteiger charge is -2.10. The summed E-state index contributed by atoms with van der Waals surface area (Å²) in [7, 11) is 0. The predicted octanol–water partition coefficient (Wildman–Crippen LogP) is 23.3. The Labute approximate surface area is 628 Å². The third-order valence-electron chi connectivity index (χ3n) is 15.3. The molecule has 12 aromatic rings. The summed E-state index contributed by atoms with van der Waals surface area (Å²) in [6.07, 6.45) is 1.94. The number of Topliss-reactive ketones (excluding diaryl/α,β-unsaturated/α-hetero) is 4. The molecule has 0 saturated carbocycles. The molecule has 11 aromatic carbocycles. The molecule has 0 radical (unpaired) electrons. The number of aromatic hydroxyl groups is 4. The fraction of sp³-hybridized carbons (Fsp3) is 0.0964. The van der Waals surface area contributed by atoms with Crippen LogP contribution in [0.2, 0.25) is 30.1 Å². The van der Waals surface area contributed by atoms with Gasteiger partial charge < -0.3 is 39.4 Å². The first-order chi connectivity index (χ1) is 49.7. The van der Waals surface area contributed by atoms with Gasteiger partial charge in [-0.2, -0.15) is 0 Å². The summed E-state index contributed by atoms with van der Waals surface area (Å²) in [5, 5.41) is 42.3. The zero-order valence-corrected chi connectivity index (χ0v) is 60.4. The van der Waals surface area contributed by atoms with E-state index in [9.17, 15) is 48.4 Å². The second-order valence-electron chi connectivity index (χ2n) is 23.6. The highest BCUT2D eigenvalue weighted by Gasteiger charge is 2.20. The maximum Gasteiger partial charge on any atom is 0.171 e. The summed E-state index contributed by atoms with van der Waals surface area (Å²) >= 11 is 36.3.